The molecular formula is C24H20F4N4O3S. The van der Waals surface area contributed by atoms with E-state index in [2.05, 4.69) is 10.1 Å². The second-order valence-corrected chi connectivity index (χ2v) is 9.36. The molecule has 1 amide bonds. The van der Waals surface area contributed by atoms with Gasteiger partial charge in [0.15, 0.2) is 5.17 Å². The molecule has 1 saturated heterocycles. The lowest BCUT2D eigenvalue weighted by molar-refractivity contribution is -0.138. The number of rotatable bonds is 4. The minimum atomic E-state index is -4.69. The molecule has 2 aromatic carbocycles. The molecule has 3 aromatic rings. The van der Waals surface area contributed by atoms with E-state index in [-0.39, 0.29) is 30.7 Å². The predicted molar refractivity (Wildman–Crippen MR) is 127 cm³/mol. The van der Waals surface area contributed by atoms with Gasteiger partial charge in [-0.2, -0.15) is 23.3 Å². The summed E-state index contributed by atoms with van der Waals surface area (Å²) in [5, 5.41) is 14.8. The van der Waals surface area contributed by atoms with Crippen LogP contribution in [0.5, 0.6) is 0 Å². The molecular weight excluding hydrogens is 500 g/mol. The van der Waals surface area contributed by atoms with Crippen LogP contribution in [-0.4, -0.2) is 63.3 Å². The summed E-state index contributed by atoms with van der Waals surface area (Å²) in [6.45, 7) is 1.15. The number of carbonyl (C=O) groups is 1. The van der Waals surface area contributed by atoms with Gasteiger partial charge in [-0.3, -0.25) is 9.48 Å². The number of thioether (sulfide) groups is 1. The average molecular weight is 521 g/mol. The van der Waals surface area contributed by atoms with Crippen molar-refractivity contribution in [2.75, 3.05) is 26.3 Å². The van der Waals surface area contributed by atoms with Gasteiger partial charge in [0.2, 0.25) is 0 Å². The van der Waals surface area contributed by atoms with Gasteiger partial charge in [-0.05, 0) is 53.2 Å². The molecule has 0 radical (unpaired) electrons. The number of amides is 1. The fourth-order valence-electron chi connectivity index (χ4n) is 4.12. The van der Waals surface area contributed by atoms with Crippen LogP contribution in [0, 0.1) is 5.82 Å². The molecule has 2 aliphatic rings. The van der Waals surface area contributed by atoms with Crippen molar-refractivity contribution in [3.63, 3.8) is 0 Å². The van der Waals surface area contributed by atoms with Crippen LogP contribution in [0.25, 0.3) is 17.0 Å². The number of amidine groups is 1. The van der Waals surface area contributed by atoms with Crippen molar-refractivity contribution in [1.82, 2.24) is 14.7 Å². The van der Waals surface area contributed by atoms with Crippen LogP contribution in [0.4, 0.5) is 17.6 Å². The molecule has 0 saturated carbocycles. The number of alkyl halides is 3. The summed E-state index contributed by atoms with van der Waals surface area (Å²) in [7, 11) is 0. The van der Waals surface area contributed by atoms with Gasteiger partial charge < -0.3 is 14.7 Å². The van der Waals surface area contributed by atoms with Crippen molar-refractivity contribution >= 4 is 39.8 Å². The first-order valence-corrected chi connectivity index (χ1v) is 11.8. The van der Waals surface area contributed by atoms with Gasteiger partial charge >= 0.3 is 6.18 Å². The number of carbonyl (C=O) groups excluding carboxylic acids is 1. The number of fused-ring (bicyclic) bond motifs is 1. The maximum Gasteiger partial charge on any atom is 0.416 e. The highest BCUT2D eigenvalue weighted by Crippen LogP contribution is 2.34. The van der Waals surface area contributed by atoms with E-state index in [4.69, 9.17) is 4.74 Å². The van der Waals surface area contributed by atoms with Gasteiger partial charge in [-0.25, -0.2) is 4.39 Å². The lowest BCUT2D eigenvalue weighted by Gasteiger charge is -2.32. The zero-order valence-electron chi connectivity index (χ0n) is 18.7. The highest BCUT2D eigenvalue weighted by Gasteiger charge is 2.34. The fraction of sp³-hybridized carbons (Fsp3) is 0.292. The van der Waals surface area contributed by atoms with E-state index in [9.17, 15) is 27.5 Å². The molecule has 5 rings (SSSR count). The van der Waals surface area contributed by atoms with Crippen molar-refractivity contribution in [2.45, 2.75) is 18.8 Å². The molecule has 36 heavy (non-hydrogen) atoms. The summed E-state index contributed by atoms with van der Waals surface area (Å²) in [4.78, 5) is 18.9. The number of halogens is 4. The molecule has 1 N–H and O–H groups in total. The summed E-state index contributed by atoms with van der Waals surface area (Å²) >= 11 is 1.24. The van der Waals surface area contributed by atoms with Gasteiger partial charge in [-0.15, -0.1) is 0 Å². The van der Waals surface area contributed by atoms with E-state index >= 15 is 0 Å². The standard InChI is InChI=1S/C24H20F4N4O3S/c25-17-3-2-15(19(9-17)24(26,27)28)11-32-20-4-1-14(7-16(20)10-29-32)8-21-22(34)30-23(36-21)31-5-6-35-18(12-31)13-33/h1-4,7-10,18,33H,5-6,11-13H2/t18-/m0/s1. The SMILES string of the molecule is O=C1N=C(N2CCO[C@H](CO)C2)SC1=Cc1ccc2c(cnn2Cc2ccc(F)cc2C(F)(F)F)c1. The molecule has 0 bridgehead atoms. The number of hydrogen-bond donors (Lipinski definition) is 1. The number of aliphatic hydroxyl groups excluding tert-OH is 1. The number of benzene rings is 2. The Kier molecular flexibility index (Phi) is 6.58. The zero-order chi connectivity index (χ0) is 25.4. The third-order valence-electron chi connectivity index (χ3n) is 5.88. The number of ether oxygens (including phenoxy) is 1. The van der Waals surface area contributed by atoms with Crippen LogP contribution < -0.4 is 0 Å². The van der Waals surface area contributed by atoms with Crippen molar-refractivity contribution in [2.24, 2.45) is 4.99 Å². The van der Waals surface area contributed by atoms with Gasteiger partial charge in [0, 0.05) is 18.5 Å². The summed E-state index contributed by atoms with van der Waals surface area (Å²) < 4.78 is 60.4. The second-order valence-electron chi connectivity index (χ2n) is 8.35. The van der Waals surface area contributed by atoms with E-state index < -0.39 is 17.6 Å². The molecule has 188 valence electrons. The topological polar surface area (TPSA) is 80.0 Å². The van der Waals surface area contributed by atoms with Crippen molar-refractivity contribution < 1.29 is 32.2 Å². The van der Waals surface area contributed by atoms with E-state index in [0.29, 0.717) is 52.3 Å². The molecule has 12 heteroatoms. The first-order valence-electron chi connectivity index (χ1n) is 11.0. The van der Waals surface area contributed by atoms with Crippen molar-refractivity contribution in [3.05, 3.63) is 70.0 Å². The Balaban J connectivity index is 1.35. The Morgan fingerprint density at radius 3 is 2.83 bits per heavy atom. The predicted octanol–water partition coefficient (Wildman–Crippen LogP) is 3.91. The first kappa shape index (κ1) is 24.5. The monoisotopic (exact) mass is 520 g/mol. The number of aromatic nitrogens is 2. The lowest BCUT2D eigenvalue weighted by Crippen LogP contribution is -2.45. The number of aliphatic imine (C=N–C) groups is 1. The van der Waals surface area contributed by atoms with Crippen LogP contribution in [-0.2, 0) is 22.3 Å². The summed E-state index contributed by atoms with van der Waals surface area (Å²) in [6.07, 6.45) is -1.79. The lowest BCUT2D eigenvalue weighted by atomic mass is 10.1. The van der Waals surface area contributed by atoms with Gasteiger partial charge in [0.05, 0.1) is 48.0 Å². The highest BCUT2D eigenvalue weighted by molar-refractivity contribution is 8.18. The molecule has 2 aliphatic heterocycles. The summed E-state index contributed by atoms with van der Waals surface area (Å²) in [5.41, 5.74) is 0.178. The Hall–Kier alpha value is -3.22. The maximum atomic E-state index is 13.4. The number of morpholine rings is 1. The molecule has 1 aromatic heterocycles. The van der Waals surface area contributed by atoms with Gasteiger partial charge in [0.1, 0.15) is 5.82 Å². The minimum absolute atomic E-state index is 0.0933. The highest BCUT2D eigenvalue weighted by atomic mass is 32.2. The molecule has 0 aliphatic carbocycles. The van der Waals surface area contributed by atoms with Crippen molar-refractivity contribution in [1.29, 1.82) is 0 Å². The van der Waals surface area contributed by atoms with Crippen LogP contribution >= 0.6 is 11.8 Å². The maximum absolute atomic E-state index is 13.4. The molecule has 7 nitrogen and oxygen atoms in total. The Labute approximate surface area is 207 Å². The minimum Gasteiger partial charge on any atom is -0.394 e. The van der Waals surface area contributed by atoms with E-state index in [1.807, 2.05) is 4.90 Å². The van der Waals surface area contributed by atoms with E-state index in [1.54, 1.807) is 24.3 Å². The Bertz CT molecular complexity index is 1390. The normalized spacial score (nSPS) is 20.0. The van der Waals surface area contributed by atoms with Crippen LogP contribution in [0.1, 0.15) is 16.7 Å². The largest absolute Gasteiger partial charge is 0.416 e. The van der Waals surface area contributed by atoms with Crippen LogP contribution in [0.15, 0.2) is 52.5 Å². The summed E-state index contributed by atoms with van der Waals surface area (Å²) in [5.74, 6) is -1.32. The van der Waals surface area contributed by atoms with Gasteiger partial charge in [0.25, 0.3) is 5.91 Å². The summed E-state index contributed by atoms with van der Waals surface area (Å²) in [6, 6.07) is 7.83. The number of nitrogens with zero attached hydrogens (tertiary/aromatic N) is 4. The van der Waals surface area contributed by atoms with E-state index in [1.165, 1.54) is 22.6 Å². The second kappa shape index (κ2) is 9.68. The Morgan fingerprint density at radius 2 is 2.06 bits per heavy atom. The van der Waals surface area contributed by atoms with E-state index in [0.717, 1.165) is 12.1 Å². The zero-order valence-corrected chi connectivity index (χ0v) is 19.5. The fourth-order valence-corrected chi connectivity index (χ4v) is 5.07. The van der Waals surface area contributed by atoms with Crippen LogP contribution in [0.2, 0.25) is 0 Å². The van der Waals surface area contributed by atoms with Crippen LogP contribution in [0.3, 0.4) is 0 Å². The Morgan fingerprint density at radius 1 is 1.22 bits per heavy atom. The third kappa shape index (κ3) is 5.01. The molecule has 3 heterocycles. The quantitative estimate of drug-likeness (QED) is 0.415. The smallest absolute Gasteiger partial charge is 0.394 e. The van der Waals surface area contributed by atoms with Gasteiger partial charge in [-0.1, -0.05) is 12.1 Å². The average Bonchev–Trinajstić information content (AvgIpc) is 3.42. The number of hydrogen-bond acceptors (Lipinski definition) is 6. The first-order chi connectivity index (χ1) is 17.2. The number of aliphatic hydroxyl groups is 1. The molecule has 0 spiro atoms. The van der Waals surface area contributed by atoms with Crippen molar-refractivity contribution in [3.8, 4) is 0 Å². The third-order valence-corrected chi connectivity index (χ3v) is 6.93. The molecule has 1 fully saturated rings. The molecule has 1 atom stereocenters. The molecule has 0 unspecified atom stereocenters.